The Morgan fingerprint density at radius 2 is 2.00 bits per heavy atom. The standard InChI is InChI=1S/C24H30N4O2S/c1-16(2)19-12-7-9-17(3)22(19)25-21(29)15-31-24-27-26-23(20-13-8-14-30-20)28(24)18-10-5-4-6-11-18/h7-9,12-14,16,18H,4-6,10-11,15H2,1-3H3,(H,25,29). The van der Waals surface area contributed by atoms with Gasteiger partial charge < -0.3 is 9.73 Å². The number of furan rings is 1. The van der Waals surface area contributed by atoms with Crippen LogP contribution in [0.15, 0.2) is 46.2 Å². The van der Waals surface area contributed by atoms with Crippen molar-refractivity contribution in [3.8, 4) is 11.6 Å². The number of para-hydroxylation sites is 1. The molecule has 0 saturated heterocycles. The van der Waals surface area contributed by atoms with Gasteiger partial charge in [-0.05, 0) is 48.9 Å². The van der Waals surface area contributed by atoms with Gasteiger partial charge in [0.1, 0.15) is 0 Å². The molecule has 0 radical (unpaired) electrons. The fourth-order valence-corrected chi connectivity index (χ4v) is 5.07. The summed E-state index contributed by atoms with van der Waals surface area (Å²) in [5, 5.41) is 12.7. The highest BCUT2D eigenvalue weighted by molar-refractivity contribution is 7.99. The van der Waals surface area contributed by atoms with Gasteiger partial charge in [0.15, 0.2) is 10.9 Å². The topological polar surface area (TPSA) is 73.0 Å². The first-order valence-electron chi connectivity index (χ1n) is 11.1. The van der Waals surface area contributed by atoms with Crippen molar-refractivity contribution in [3.63, 3.8) is 0 Å². The van der Waals surface area contributed by atoms with Gasteiger partial charge in [0.2, 0.25) is 11.7 Å². The Bertz CT molecular complexity index is 1020. The van der Waals surface area contributed by atoms with E-state index in [2.05, 4.69) is 40.0 Å². The highest BCUT2D eigenvalue weighted by Gasteiger charge is 2.25. The van der Waals surface area contributed by atoms with Crippen LogP contribution >= 0.6 is 11.8 Å². The summed E-state index contributed by atoms with van der Waals surface area (Å²) >= 11 is 1.44. The number of carbonyl (C=O) groups excluding carboxylic acids is 1. The van der Waals surface area contributed by atoms with Crippen LogP contribution in [0.1, 0.15) is 69.0 Å². The van der Waals surface area contributed by atoms with E-state index in [-0.39, 0.29) is 11.7 Å². The van der Waals surface area contributed by atoms with Gasteiger partial charge in [0.25, 0.3) is 0 Å². The minimum absolute atomic E-state index is 0.0288. The average molecular weight is 439 g/mol. The summed E-state index contributed by atoms with van der Waals surface area (Å²) in [6, 6.07) is 10.3. The predicted molar refractivity (Wildman–Crippen MR) is 124 cm³/mol. The second kappa shape index (κ2) is 9.73. The van der Waals surface area contributed by atoms with Crippen LogP contribution in [0.2, 0.25) is 0 Å². The van der Waals surface area contributed by atoms with Crippen LogP contribution in [-0.2, 0) is 4.79 Å². The second-order valence-corrected chi connectivity index (χ2v) is 9.42. The third kappa shape index (κ3) is 4.87. The molecule has 2 heterocycles. The highest BCUT2D eigenvalue weighted by atomic mass is 32.2. The molecule has 31 heavy (non-hydrogen) atoms. The average Bonchev–Trinajstić information content (AvgIpc) is 3.44. The number of amides is 1. The van der Waals surface area contributed by atoms with E-state index in [0.29, 0.717) is 12.0 Å². The zero-order valence-electron chi connectivity index (χ0n) is 18.4. The number of hydrogen-bond acceptors (Lipinski definition) is 5. The van der Waals surface area contributed by atoms with Gasteiger partial charge >= 0.3 is 0 Å². The lowest BCUT2D eigenvalue weighted by atomic mass is 9.95. The van der Waals surface area contributed by atoms with Gasteiger partial charge in [-0.1, -0.05) is 63.1 Å². The summed E-state index contributed by atoms with van der Waals surface area (Å²) in [6.45, 7) is 6.31. The van der Waals surface area contributed by atoms with Gasteiger partial charge in [-0.2, -0.15) is 0 Å². The molecule has 1 amide bonds. The molecular weight excluding hydrogens is 408 g/mol. The number of aromatic nitrogens is 3. The number of rotatable bonds is 7. The van der Waals surface area contributed by atoms with E-state index < -0.39 is 0 Å². The maximum Gasteiger partial charge on any atom is 0.234 e. The first kappa shape index (κ1) is 21.7. The van der Waals surface area contributed by atoms with Crippen molar-refractivity contribution in [2.24, 2.45) is 0 Å². The number of thioether (sulfide) groups is 1. The van der Waals surface area contributed by atoms with Crippen LogP contribution in [0.25, 0.3) is 11.6 Å². The van der Waals surface area contributed by atoms with E-state index in [1.807, 2.05) is 31.2 Å². The predicted octanol–water partition coefficient (Wildman–Crippen LogP) is 6.21. The maximum absolute atomic E-state index is 12.8. The zero-order chi connectivity index (χ0) is 21.8. The molecule has 0 spiro atoms. The molecular formula is C24H30N4O2S. The van der Waals surface area contributed by atoms with E-state index in [0.717, 1.165) is 46.4 Å². The smallest absolute Gasteiger partial charge is 0.234 e. The molecule has 0 unspecified atom stereocenters. The highest BCUT2D eigenvalue weighted by Crippen LogP contribution is 2.36. The Morgan fingerprint density at radius 3 is 2.71 bits per heavy atom. The molecule has 1 saturated carbocycles. The molecule has 3 aromatic rings. The van der Waals surface area contributed by atoms with Crippen LogP contribution in [-0.4, -0.2) is 26.4 Å². The van der Waals surface area contributed by atoms with Gasteiger partial charge in [-0.25, -0.2) is 0 Å². The molecule has 0 aliphatic heterocycles. The number of nitrogens with zero attached hydrogens (tertiary/aromatic N) is 3. The number of benzene rings is 1. The summed E-state index contributed by atoms with van der Waals surface area (Å²) in [6.07, 6.45) is 7.55. The second-order valence-electron chi connectivity index (χ2n) is 8.48. The van der Waals surface area contributed by atoms with E-state index in [9.17, 15) is 4.79 Å². The van der Waals surface area contributed by atoms with E-state index in [1.165, 1.54) is 31.0 Å². The van der Waals surface area contributed by atoms with Crippen molar-refractivity contribution in [2.75, 3.05) is 11.1 Å². The number of nitrogens with one attached hydrogen (secondary N) is 1. The number of carbonyl (C=O) groups is 1. The normalized spacial score (nSPS) is 14.8. The van der Waals surface area contributed by atoms with Crippen LogP contribution in [0.5, 0.6) is 0 Å². The maximum atomic E-state index is 12.8. The molecule has 4 rings (SSSR count). The summed E-state index contributed by atoms with van der Waals surface area (Å²) in [5.41, 5.74) is 3.16. The molecule has 1 aliphatic carbocycles. The summed E-state index contributed by atoms with van der Waals surface area (Å²) in [7, 11) is 0. The van der Waals surface area contributed by atoms with Crippen LogP contribution < -0.4 is 5.32 Å². The molecule has 7 heteroatoms. The summed E-state index contributed by atoms with van der Waals surface area (Å²) in [4.78, 5) is 12.8. The number of hydrogen-bond donors (Lipinski definition) is 1. The third-order valence-electron chi connectivity index (χ3n) is 5.87. The Kier molecular flexibility index (Phi) is 6.80. The minimum Gasteiger partial charge on any atom is -0.461 e. The third-order valence-corrected chi connectivity index (χ3v) is 6.81. The van der Waals surface area contributed by atoms with Crippen molar-refractivity contribution in [1.29, 1.82) is 0 Å². The quantitative estimate of drug-likeness (QED) is 0.444. The Labute approximate surface area is 187 Å². The summed E-state index contributed by atoms with van der Waals surface area (Å²) < 4.78 is 7.79. The monoisotopic (exact) mass is 438 g/mol. The minimum atomic E-state index is -0.0288. The molecule has 1 fully saturated rings. The molecule has 6 nitrogen and oxygen atoms in total. The van der Waals surface area contributed by atoms with Crippen LogP contribution in [0.3, 0.4) is 0 Å². The Hall–Kier alpha value is -2.54. The van der Waals surface area contributed by atoms with Gasteiger partial charge in [0, 0.05) is 11.7 Å². The molecule has 164 valence electrons. The van der Waals surface area contributed by atoms with Gasteiger partial charge in [0.05, 0.1) is 12.0 Å². The van der Waals surface area contributed by atoms with Crippen LogP contribution in [0.4, 0.5) is 5.69 Å². The Balaban J connectivity index is 1.52. The lowest BCUT2D eigenvalue weighted by Crippen LogP contribution is -2.18. The number of aryl methyl sites for hydroxylation is 1. The lowest BCUT2D eigenvalue weighted by molar-refractivity contribution is -0.113. The fraction of sp³-hybridized carbons (Fsp3) is 0.458. The van der Waals surface area contributed by atoms with Crippen molar-refractivity contribution >= 4 is 23.4 Å². The largest absolute Gasteiger partial charge is 0.461 e. The van der Waals surface area contributed by atoms with Crippen molar-refractivity contribution < 1.29 is 9.21 Å². The SMILES string of the molecule is Cc1cccc(C(C)C)c1NC(=O)CSc1nnc(-c2ccco2)n1C1CCCCC1. The van der Waals surface area contributed by atoms with E-state index in [4.69, 9.17) is 4.42 Å². The van der Waals surface area contributed by atoms with Gasteiger partial charge in [-0.15, -0.1) is 10.2 Å². The first-order valence-corrected chi connectivity index (χ1v) is 12.0. The van der Waals surface area contributed by atoms with Crippen molar-refractivity contribution in [2.45, 2.75) is 70.0 Å². The van der Waals surface area contributed by atoms with E-state index >= 15 is 0 Å². The zero-order valence-corrected chi connectivity index (χ0v) is 19.2. The molecule has 0 bridgehead atoms. The summed E-state index contributed by atoms with van der Waals surface area (Å²) in [5.74, 6) is 2.07. The van der Waals surface area contributed by atoms with Crippen molar-refractivity contribution in [1.82, 2.24) is 14.8 Å². The van der Waals surface area contributed by atoms with Crippen molar-refractivity contribution in [3.05, 3.63) is 47.7 Å². The van der Waals surface area contributed by atoms with Gasteiger partial charge in [-0.3, -0.25) is 9.36 Å². The molecule has 1 aromatic carbocycles. The first-order chi connectivity index (χ1) is 15.0. The molecule has 2 aromatic heterocycles. The van der Waals surface area contributed by atoms with E-state index in [1.54, 1.807) is 6.26 Å². The molecule has 0 atom stereocenters. The van der Waals surface area contributed by atoms with Crippen LogP contribution in [0, 0.1) is 6.92 Å². The lowest BCUT2D eigenvalue weighted by Gasteiger charge is -2.25. The molecule has 1 N–H and O–H groups in total. The molecule has 1 aliphatic rings. The Morgan fingerprint density at radius 1 is 1.19 bits per heavy atom. The number of anilines is 1. The fourth-order valence-electron chi connectivity index (χ4n) is 4.27.